The molecule has 3 aliphatic heterocycles. The molecule has 2 aromatic heterocycles. The Labute approximate surface area is 166 Å². The van der Waals surface area contributed by atoms with Crippen LogP contribution < -0.4 is 4.90 Å². The number of fused-ring (bicyclic) bond motifs is 4. The van der Waals surface area contributed by atoms with E-state index in [0.717, 1.165) is 29.5 Å². The summed E-state index contributed by atoms with van der Waals surface area (Å²) in [6, 6.07) is 4.81. The minimum Gasteiger partial charge on any atom is -0.478 e. The lowest BCUT2D eigenvalue weighted by molar-refractivity contribution is -0.134. The lowest BCUT2D eigenvalue weighted by atomic mass is 10.1. The minimum atomic E-state index is -1.26. The predicted molar refractivity (Wildman–Crippen MR) is 104 cm³/mol. The fourth-order valence-electron chi connectivity index (χ4n) is 3.28. The molecule has 2 N–H and O–H groups in total. The Morgan fingerprint density at radius 2 is 1.75 bits per heavy atom. The molecular weight excluding hydrogens is 382 g/mol. The molecule has 148 valence electrons. The molecule has 3 aliphatic rings. The summed E-state index contributed by atoms with van der Waals surface area (Å²) in [6.45, 7) is 4.68. The molecule has 5 rings (SSSR count). The number of carbonyl (C=O) groups is 2. The van der Waals surface area contributed by atoms with Crippen LogP contribution in [0.3, 0.4) is 0 Å². The number of hydrogen-bond acceptors (Lipinski definition) is 8. The van der Waals surface area contributed by atoms with Crippen LogP contribution >= 0.6 is 11.3 Å². The van der Waals surface area contributed by atoms with Crippen molar-refractivity contribution in [3.05, 3.63) is 36.0 Å². The Kier molecular flexibility index (Phi) is 6.66. The summed E-state index contributed by atoms with van der Waals surface area (Å²) >= 11 is 1.60. The van der Waals surface area contributed by atoms with E-state index in [1.165, 1.54) is 25.9 Å². The van der Waals surface area contributed by atoms with Crippen molar-refractivity contribution in [2.75, 3.05) is 31.1 Å². The highest BCUT2D eigenvalue weighted by Gasteiger charge is 2.29. The lowest BCUT2D eigenvalue weighted by Gasteiger charge is -2.31. The van der Waals surface area contributed by atoms with Crippen LogP contribution in [0.1, 0.15) is 12.8 Å². The van der Waals surface area contributed by atoms with E-state index in [0.29, 0.717) is 18.2 Å². The number of carboxylic acids is 2. The second kappa shape index (κ2) is 9.38. The lowest BCUT2D eigenvalue weighted by Crippen LogP contribution is -2.38. The van der Waals surface area contributed by atoms with E-state index >= 15 is 0 Å². The van der Waals surface area contributed by atoms with Gasteiger partial charge in [-0.15, -0.1) is 21.5 Å². The van der Waals surface area contributed by atoms with Crippen molar-refractivity contribution in [3.8, 4) is 10.6 Å². The zero-order chi connectivity index (χ0) is 19.9. The van der Waals surface area contributed by atoms with Gasteiger partial charge in [-0.1, -0.05) is 0 Å². The maximum atomic E-state index is 9.55. The Hall–Kier alpha value is -2.85. The largest absolute Gasteiger partial charge is 0.478 e. The van der Waals surface area contributed by atoms with Gasteiger partial charge in [0.25, 0.3) is 0 Å². The average molecular weight is 403 g/mol. The molecule has 9 nitrogen and oxygen atoms in total. The summed E-state index contributed by atoms with van der Waals surface area (Å²) in [5.41, 5.74) is 2.74. The van der Waals surface area contributed by atoms with E-state index in [1.807, 2.05) is 11.7 Å². The van der Waals surface area contributed by atoms with Crippen LogP contribution in [-0.4, -0.2) is 74.5 Å². The summed E-state index contributed by atoms with van der Waals surface area (Å²) in [5, 5.41) is 24.5. The monoisotopic (exact) mass is 403 g/mol. The third kappa shape index (κ3) is 5.33. The summed E-state index contributed by atoms with van der Waals surface area (Å²) < 4.78 is 0. The Morgan fingerprint density at radius 3 is 2.29 bits per heavy atom. The van der Waals surface area contributed by atoms with Gasteiger partial charge in [-0.2, -0.15) is 0 Å². The quantitative estimate of drug-likeness (QED) is 0.733. The zero-order valence-electron chi connectivity index (χ0n) is 15.1. The summed E-state index contributed by atoms with van der Waals surface area (Å²) in [5.74, 6) is -1.49. The topological polar surface area (TPSA) is 120 Å². The smallest absolute Gasteiger partial charge is 0.328 e. The first kappa shape index (κ1) is 19.9. The number of nitrogens with zero attached hydrogens (tertiary/aromatic N) is 5. The van der Waals surface area contributed by atoms with Gasteiger partial charge in [0.1, 0.15) is 5.69 Å². The third-order valence-electron chi connectivity index (χ3n) is 4.65. The summed E-state index contributed by atoms with van der Waals surface area (Å²) in [4.78, 5) is 29.3. The van der Waals surface area contributed by atoms with Crippen LogP contribution in [0.5, 0.6) is 0 Å². The molecule has 0 unspecified atom stereocenters. The third-order valence-corrected chi connectivity index (χ3v) is 5.45. The fraction of sp³-hybridized carbons (Fsp3) is 0.389. The number of anilines is 1. The highest BCUT2D eigenvalue weighted by Crippen LogP contribution is 2.27. The van der Waals surface area contributed by atoms with Crippen LogP contribution in [0.2, 0.25) is 0 Å². The first-order chi connectivity index (χ1) is 13.5. The normalized spacial score (nSPS) is 21.1. The second-order valence-electron chi connectivity index (χ2n) is 6.42. The molecule has 2 bridgehead atoms. The van der Waals surface area contributed by atoms with Crippen LogP contribution in [0.4, 0.5) is 5.82 Å². The van der Waals surface area contributed by atoms with Crippen molar-refractivity contribution in [2.24, 2.45) is 0 Å². The first-order valence-corrected chi connectivity index (χ1v) is 9.76. The van der Waals surface area contributed by atoms with E-state index in [9.17, 15) is 9.59 Å². The Bertz CT molecular complexity index is 801. The van der Waals surface area contributed by atoms with Gasteiger partial charge in [-0.05, 0) is 25.0 Å². The Morgan fingerprint density at radius 1 is 1.04 bits per heavy atom. The number of hydrogen-bond donors (Lipinski definition) is 2. The van der Waals surface area contributed by atoms with Gasteiger partial charge in [0.05, 0.1) is 10.4 Å². The van der Waals surface area contributed by atoms with Crippen molar-refractivity contribution in [2.45, 2.75) is 18.9 Å². The van der Waals surface area contributed by atoms with Crippen molar-refractivity contribution in [1.29, 1.82) is 0 Å². The highest BCUT2D eigenvalue weighted by molar-refractivity contribution is 7.13. The molecule has 10 heteroatoms. The number of piperidine rings is 1. The molecule has 3 saturated heterocycles. The van der Waals surface area contributed by atoms with Gasteiger partial charge < -0.3 is 20.0 Å². The second-order valence-corrected chi connectivity index (χ2v) is 7.30. The molecule has 5 heterocycles. The van der Waals surface area contributed by atoms with Crippen molar-refractivity contribution >= 4 is 29.1 Å². The SMILES string of the molecule is O=C(O)/C=C/C(=O)O.c1ncc(-c2ccc(N3CCN4CCC3CC4)nn2)s1. The molecule has 0 spiro atoms. The maximum Gasteiger partial charge on any atom is 0.328 e. The van der Waals surface area contributed by atoms with Gasteiger partial charge in [0, 0.05) is 50.6 Å². The minimum absolute atomic E-state index is 0.558. The van der Waals surface area contributed by atoms with Crippen LogP contribution in [0.15, 0.2) is 36.0 Å². The van der Waals surface area contributed by atoms with Crippen molar-refractivity contribution in [3.63, 3.8) is 0 Å². The summed E-state index contributed by atoms with van der Waals surface area (Å²) in [7, 11) is 0. The van der Waals surface area contributed by atoms with E-state index in [4.69, 9.17) is 10.2 Å². The van der Waals surface area contributed by atoms with Gasteiger partial charge >= 0.3 is 11.9 Å². The van der Waals surface area contributed by atoms with Crippen molar-refractivity contribution < 1.29 is 19.8 Å². The number of thiazole rings is 1. The van der Waals surface area contributed by atoms with Crippen molar-refractivity contribution in [1.82, 2.24) is 20.1 Å². The number of rotatable bonds is 4. The van der Waals surface area contributed by atoms with E-state index in [-0.39, 0.29) is 0 Å². The molecule has 0 atom stereocenters. The van der Waals surface area contributed by atoms with E-state index in [2.05, 4.69) is 37.1 Å². The Balaban J connectivity index is 0.000000242. The first-order valence-electron chi connectivity index (χ1n) is 8.88. The number of aromatic nitrogens is 3. The molecule has 0 aliphatic carbocycles. The molecule has 0 aromatic carbocycles. The highest BCUT2D eigenvalue weighted by atomic mass is 32.1. The van der Waals surface area contributed by atoms with Crippen LogP contribution in [-0.2, 0) is 9.59 Å². The van der Waals surface area contributed by atoms with Gasteiger partial charge in [-0.25, -0.2) is 9.59 Å². The van der Waals surface area contributed by atoms with Gasteiger partial charge in [-0.3, -0.25) is 4.98 Å². The molecule has 3 fully saturated rings. The van der Waals surface area contributed by atoms with E-state index < -0.39 is 11.9 Å². The van der Waals surface area contributed by atoms with Gasteiger partial charge in [0.2, 0.25) is 0 Å². The summed E-state index contributed by atoms with van der Waals surface area (Å²) in [6.07, 6.45) is 5.45. The van der Waals surface area contributed by atoms with Crippen LogP contribution in [0, 0.1) is 0 Å². The predicted octanol–water partition coefficient (Wildman–Crippen LogP) is 1.60. The molecule has 2 aromatic rings. The standard InChI is InChI=1S/C14H17N5S.C4H4O4/c1-2-14(17-16-12(1)13-9-15-10-20-13)19-8-7-18-5-3-11(19)4-6-18;5-3(6)1-2-4(7)8/h1-2,9-11H,3-8H2;1-2H,(H,5,6)(H,7,8)/b;2-1+. The van der Waals surface area contributed by atoms with Gasteiger partial charge in [0.15, 0.2) is 5.82 Å². The molecule has 0 amide bonds. The number of carboxylic acid groups (broad SMARTS) is 2. The molecular formula is C18H21N5O4S. The molecule has 0 saturated carbocycles. The number of aliphatic carboxylic acids is 2. The van der Waals surface area contributed by atoms with Crippen LogP contribution in [0.25, 0.3) is 10.6 Å². The maximum absolute atomic E-state index is 9.55. The molecule has 0 radical (unpaired) electrons. The fourth-order valence-corrected chi connectivity index (χ4v) is 3.87. The average Bonchev–Trinajstić information content (AvgIpc) is 3.07. The van der Waals surface area contributed by atoms with E-state index in [1.54, 1.807) is 11.3 Å². The molecule has 28 heavy (non-hydrogen) atoms. The zero-order valence-corrected chi connectivity index (χ0v) is 16.0.